The third kappa shape index (κ3) is 29.1. The number of esters is 4. The Morgan fingerprint density at radius 2 is 1.25 bits per heavy atom. The summed E-state index contributed by atoms with van der Waals surface area (Å²) >= 11 is 0. The minimum atomic E-state index is -0.563. The molecule has 0 spiro atoms. The standard InChI is InChI=1S/C11H20O2.C9H14O4.C8H14O2/c1-4-7-8-10(5-2)9-13-11(12)6-3;1-3-4-7-13-9(11)6-5-8(10)12-2;1-4-7(3)6-10-8(9)5-2/h6,10H,3-5,7-9H2,1-2H3;5-6H,3-4,7H2,1-2H3;5,7H,2,4,6H2,1,3H3/b;6-5+;. The zero-order valence-electron chi connectivity index (χ0n) is 23.2. The van der Waals surface area contributed by atoms with Crippen molar-refractivity contribution < 1.29 is 38.1 Å². The molecule has 0 fully saturated rings. The van der Waals surface area contributed by atoms with E-state index in [1.54, 1.807) is 0 Å². The van der Waals surface area contributed by atoms with Gasteiger partial charge in [0, 0.05) is 24.3 Å². The van der Waals surface area contributed by atoms with Crippen LogP contribution >= 0.6 is 0 Å². The fraction of sp³-hybridized carbons (Fsp3) is 0.643. The van der Waals surface area contributed by atoms with E-state index in [1.807, 2.05) is 13.8 Å². The monoisotopic (exact) mass is 512 g/mol. The molecule has 0 N–H and O–H groups in total. The highest BCUT2D eigenvalue weighted by atomic mass is 16.5. The summed E-state index contributed by atoms with van der Waals surface area (Å²) in [6, 6.07) is 0. The Hall–Kier alpha value is -2.90. The normalized spacial score (nSPS) is 11.4. The van der Waals surface area contributed by atoms with Gasteiger partial charge in [0.1, 0.15) is 0 Å². The van der Waals surface area contributed by atoms with Crippen LogP contribution in [-0.2, 0) is 38.1 Å². The molecular weight excluding hydrogens is 464 g/mol. The van der Waals surface area contributed by atoms with Crippen molar-refractivity contribution in [2.24, 2.45) is 11.8 Å². The smallest absolute Gasteiger partial charge is 0.331 e. The third-order valence-electron chi connectivity index (χ3n) is 4.84. The number of ether oxygens (including phenoxy) is 4. The lowest BCUT2D eigenvalue weighted by Gasteiger charge is -2.13. The van der Waals surface area contributed by atoms with Gasteiger partial charge in [-0.1, -0.05) is 79.9 Å². The second kappa shape index (κ2) is 28.3. The number of carbonyl (C=O) groups is 4. The van der Waals surface area contributed by atoms with E-state index in [9.17, 15) is 19.2 Å². The lowest BCUT2D eigenvalue weighted by Crippen LogP contribution is -2.12. The highest BCUT2D eigenvalue weighted by Gasteiger charge is 2.07. The van der Waals surface area contributed by atoms with Gasteiger partial charge in [-0.25, -0.2) is 19.2 Å². The second-order valence-electron chi connectivity index (χ2n) is 7.98. The summed E-state index contributed by atoms with van der Waals surface area (Å²) in [7, 11) is 1.25. The van der Waals surface area contributed by atoms with Crippen molar-refractivity contribution in [2.75, 3.05) is 26.9 Å². The van der Waals surface area contributed by atoms with Crippen LogP contribution < -0.4 is 0 Å². The zero-order chi connectivity index (χ0) is 28.2. The molecule has 0 aliphatic heterocycles. The van der Waals surface area contributed by atoms with Gasteiger partial charge in [-0.2, -0.15) is 0 Å². The van der Waals surface area contributed by atoms with Crippen molar-refractivity contribution >= 4 is 23.9 Å². The quantitative estimate of drug-likeness (QED) is 0.111. The summed E-state index contributed by atoms with van der Waals surface area (Å²) in [4.78, 5) is 42.6. The first-order chi connectivity index (χ1) is 17.1. The molecule has 0 saturated heterocycles. The van der Waals surface area contributed by atoms with Gasteiger partial charge in [0.25, 0.3) is 0 Å². The van der Waals surface area contributed by atoms with Crippen LogP contribution in [0.5, 0.6) is 0 Å². The summed E-state index contributed by atoms with van der Waals surface area (Å²) in [5.41, 5.74) is 0. The molecule has 0 amide bonds. The highest BCUT2D eigenvalue weighted by molar-refractivity contribution is 5.91. The summed E-state index contributed by atoms with van der Waals surface area (Å²) in [5, 5.41) is 0. The van der Waals surface area contributed by atoms with E-state index in [1.165, 1.54) is 32.1 Å². The van der Waals surface area contributed by atoms with Gasteiger partial charge in [-0.3, -0.25) is 0 Å². The van der Waals surface area contributed by atoms with Crippen LogP contribution in [0.25, 0.3) is 0 Å². The van der Waals surface area contributed by atoms with Crippen LogP contribution in [0.3, 0.4) is 0 Å². The number of methoxy groups -OCH3 is 1. The van der Waals surface area contributed by atoms with E-state index >= 15 is 0 Å². The third-order valence-corrected chi connectivity index (χ3v) is 4.84. The lowest BCUT2D eigenvalue weighted by atomic mass is 10.0. The first-order valence-corrected chi connectivity index (χ1v) is 12.7. The Morgan fingerprint density at radius 1 is 0.722 bits per heavy atom. The maximum absolute atomic E-state index is 10.8. The molecule has 2 atom stereocenters. The number of carbonyl (C=O) groups excluding carboxylic acids is 4. The van der Waals surface area contributed by atoms with Gasteiger partial charge in [0.2, 0.25) is 0 Å². The van der Waals surface area contributed by atoms with E-state index in [0.717, 1.165) is 44.3 Å². The van der Waals surface area contributed by atoms with E-state index < -0.39 is 11.9 Å². The number of hydrogen-bond donors (Lipinski definition) is 0. The van der Waals surface area contributed by atoms with Crippen LogP contribution in [0.4, 0.5) is 0 Å². The molecule has 8 nitrogen and oxygen atoms in total. The van der Waals surface area contributed by atoms with Crippen LogP contribution in [0.2, 0.25) is 0 Å². The molecule has 0 heterocycles. The SMILES string of the molecule is C=CC(=O)OCC(C)CC.C=CC(=O)OCC(CC)CCCC.CCCCOC(=O)/C=C/C(=O)OC. The molecular formula is C28H48O8. The Bertz CT molecular complexity index is 639. The van der Waals surface area contributed by atoms with Crippen molar-refractivity contribution in [1.82, 2.24) is 0 Å². The molecule has 8 heteroatoms. The molecule has 2 unspecified atom stereocenters. The molecule has 0 aliphatic carbocycles. The second-order valence-corrected chi connectivity index (χ2v) is 7.98. The topological polar surface area (TPSA) is 105 Å². The van der Waals surface area contributed by atoms with Gasteiger partial charge in [0.15, 0.2) is 0 Å². The molecule has 0 rings (SSSR count). The predicted molar refractivity (Wildman–Crippen MR) is 142 cm³/mol. The van der Waals surface area contributed by atoms with Crippen molar-refractivity contribution in [2.45, 2.75) is 79.6 Å². The van der Waals surface area contributed by atoms with Gasteiger partial charge in [-0.05, 0) is 24.7 Å². The minimum absolute atomic E-state index is 0.310. The first-order valence-electron chi connectivity index (χ1n) is 12.7. The highest BCUT2D eigenvalue weighted by Crippen LogP contribution is 2.12. The maximum Gasteiger partial charge on any atom is 0.331 e. The summed E-state index contributed by atoms with van der Waals surface area (Å²) in [6.45, 7) is 18.5. The van der Waals surface area contributed by atoms with Crippen LogP contribution in [0, 0.1) is 11.8 Å². The molecule has 0 radical (unpaired) electrons. The fourth-order valence-electron chi connectivity index (χ4n) is 2.13. The van der Waals surface area contributed by atoms with Gasteiger partial charge < -0.3 is 18.9 Å². The van der Waals surface area contributed by atoms with Crippen molar-refractivity contribution in [3.8, 4) is 0 Å². The van der Waals surface area contributed by atoms with E-state index in [-0.39, 0.29) is 11.9 Å². The zero-order valence-corrected chi connectivity index (χ0v) is 23.2. The molecule has 0 aromatic heterocycles. The van der Waals surface area contributed by atoms with Crippen molar-refractivity contribution in [3.05, 3.63) is 37.5 Å². The fourth-order valence-corrected chi connectivity index (χ4v) is 2.13. The Morgan fingerprint density at radius 3 is 1.69 bits per heavy atom. The number of hydrogen-bond acceptors (Lipinski definition) is 8. The van der Waals surface area contributed by atoms with Gasteiger partial charge >= 0.3 is 23.9 Å². The lowest BCUT2D eigenvalue weighted by molar-refractivity contribution is -0.140. The predicted octanol–water partition coefficient (Wildman–Crippen LogP) is 5.75. The van der Waals surface area contributed by atoms with Crippen LogP contribution in [-0.4, -0.2) is 50.8 Å². The molecule has 0 aromatic rings. The average Bonchev–Trinajstić information content (AvgIpc) is 2.90. The van der Waals surface area contributed by atoms with Crippen molar-refractivity contribution in [1.29, 1.82) is 0 Å². The van der Waals surface area contributed by atoms with Gasteiger partial charge in [0.05, 0.1) is 26.9 Å². The maximum atomic E-state index is 10.8. The number of unbranched alkanes of at least 4 members (excludes halogenated alkanes) is 2. The van der Waals surface area contributed by atoms with E-state index in [4.69, 9.17) is 14.2 Å². The first kappa shape index (κ1) is 37.6. The number of rotatable bonds is 16. The summed E-state index contributed by atoms with van der Waals surface area (Å²) in [6.07, 6.45) is 12.0. The summed E-state index contributed by atoms with van der Waals surface area (Å²) in [5.74, 6) is -0.755. The van der Waals surface area contributed by atoms with E-state index in [0.29, 0.717) is 31.7 Å². The minimum Gasteiger partial charge on any atom is -0.466 e. The van der Waals surface area contributed by atoms with Crippen molar-refractivity contribution in [3.63, 3.8) is 0 Å². The van der Waals surface area contributed by atoms with Crippen LogP contribution in [0.15, 0.2) is 37.5 Å². The van der Waals surface area contributed by atoms with E-state index in [2.05, 4.69) is 38.7 Å². The molecule has 0 saturated carbocycles. The largest absolute Gasteiger partial charge is 0.466 e. The molecule has 0 bridgehead atoms. The molecule has 0 aliphatic rings. The van der Waals surface area contributed by atoms with Gasteiger partial charge in [-0.15, -0.1) is 0 Å². The summed E-state index contributed by atoms with van der Waals surface area (Å²) < 4.78 is 18.8. The Kier molecular flexibility index (Phi) is 29.6. The average molecular weight is 513 g/mol. The van der Waals surface area contributed by atoms with Crippen LogP contribution in [0.1, 0.15) is 79.6 Å². The Labute approximate surface area is 218 Å². The molecule has 36 heavy (non-hydrogen) atoms. The Balaban J connectivity index is -0.000000459. The molecule has 0 aromatic carbocycles. The molecule has 208 valence electrons.